The van der Waals surface area contributed by atoms with Gasteiger partial charge in [-0.1, -0.05) is 78.3 Å². The summed E-state index contributed by atoms with van der Waals surface area (Å²) in [6.45, 7) is 0. The molecule has 5 heteroatoms. The van der Waals surface area contributed by atoms with Gasteiger partial charge in [0.1, 0.15) is 5.69 Å². The minimum Gasteiger partial charge on any atom is -0.204 e. The SMILES string of the molecule is Fc1cc(-c2ccc(-c3ccc(-c4ccccc4)cc3Cl)cc2)cc(F)c1N=C=S. The van der Waals surface area contributed by atoms with Gasteiger partial charge in [-0.05, 0) is 58.2 Å². The number of halogens is 3. The maximum Gasteiger partial charge on any atom is 0.153 e. The van der Waals surface area contributed by atoms with Crippen LogP contribution in [-0.4, -0.2) is 5.16 Å². The molecule has 0 aromatic heterocycles. The first kappa shape index (κ1) is 20.1. The quantitative estimate of drug-likeness (QED) is 0.232. The van der Waals surface area contributed by atoms with Crippen molar-refractivity contribution in [3.05, 3.63) is 102 Å². The number of rotatable bonds is 4. The summed E-state index contributed by atoms with van der Waals surface area (Å²) in [5, 5.41) is 2.61. The Morgan fingerprint density at radius 1 is 0.667 bits per heavy atom. The Balaban J connectivity index is 1.65. The molecule has 0 aliphatic heterocycles. The van der Waals surface area contributed by atoms with E-state index in [-0.39, 0.29) is 0 Å². The van der Waals surface area contributed by atoms with Gasteiger partial charge >= 0.3 is 0 Å². The predicted molar refractivity (Wildman–Crippen MR) is 122 cm³/mol. The number of thiocarbonyl (C=S) groups is 1. The fourth-order valence-electron chi connectivity index (χ4n) is 3.29. The van der Waals surface area contributed by atoms with Crippen molar-refractivity contribution in [3.8, 4) is 33.4 Å². The van der Waals surface area contributed by atoms with E-state index in [1.54, 1.807) is 12.1 Å². The van der Waals surface area contributed by atoms with E-state index in [1.807, 2.05) is 65.8 Å². The van der Waals surface area contributed by atoms with E-state index in [0.29, 0.717) is 16.1 Å². The summed E-state index contributed by atoms with van der Waals surface area (Å²) >= 11 is 11.0. The highest BCUT2D eigenvalue weighted by Gasteiger charge is 2.12. The molecule has 0 spiro atoms. The third kappa shape index (κ3) is 4.07. The van der Waals surface area contributed by atoms with Gasteiger partial charge in [0.2, 0.25) is 0 Å². The van der Waals surface area contributed by atoms with Gasteiger partial charge in [0, 0.05) is 10.6 Å². The van der Waals surface area contributed by atoms with Gasteiger partial charge in [-0.25, -0.2) is 8.78 Å². The molecule has 0 heterocycles. The van der Waals surface area contributed by atoms with Crippen LogP contribution in [0.3, 0.4) is 0 Å². The molecule has 4 aromatic rings. The fourth-order valence-corrected chi connectivity index (χ4v) is 3.67. The van der Waals surface area contributed by atoms with Crippen molar-refractivity contribution in [2.24, 2.45) is 4.99 Å². The lowest BCUT2D eigenvalue weighted by atomic mass is 9.98. The third-order valence-electron chi connectivity index (χ3n) is 4.78. The molecule has 30 heavy (non-hydrogen) atoms. The molecule has 4 aromatic carbocycles. The molecule has 0 atom stereocenters. The second-order valence-corrected chi connectivity index (χ2v) is 7.22. The average molecular weight is 434 g/mol. The normalized spacial score (nSPS) is 10.5. The van der Waals surface area contributed by atoms with E-state index in [0.717, 1.165) is 22.3 Å². The van der Waals surface area contributed by atoms with E-state index in [9.17, 15) is 8.78 Å². The summed E-state index contributed by atoms with van der Waals surface area (Å²) in [7, 11) is 0. The van der Waals surface area contributed by atoms with E-state index in [2.05, 4.69) is 17.2 Å². The highest BCUT2D eigenvalue weighted by molar-refractivity contribution is 7.78. The van der Waals surface area contributed by atoms with Gasteiger partial charge in [-0.3, -0.25) is 0 Å². The molecule has 0 aliphatic rings. The lowest BCUT2D eigenvalue weighted by molar-refractivity contribution is 0.588. The van der Waals surface area contributed by atoms with E-state index < -0.39 is 17.3 Å². The van der Waals surface area contributed by atoms with Gasteiger partial charge in [0.05, 0.1) is 5.16 Å². The number of benzene rings is 4. The van der Waals surface area contributed by atoms with Crippen molar-refractivity contribution >= 4 is 34.7 Å². The standard InChI is InChI=1S/C25H14ClF2NS/c26-22-12-19(16-4-2-1-3-5-16)10-11-21(22)18-8-6-17(7-9-18)20-13-23(27)25(29-15-30)24(28)14-20/h1-14H. The zero-order valence-electron chi connectivity index (χ0n) is 15.6. The van der Waals surface area contributed by atoms with E-state index >= 15 is 0 Å². The summed E-state index contributed by atoms with van der Waals surface area (Å²) in [5.41, 5.74) is 4.56. The first-order valence-corrected chi connectivity index (χ1v) is 9.88. The number of hydrogen-bond acceptors (Lipinski definition) is 2. The summed E-state index contributed by atoms with van der Waals surface area (Å²) in [4.78, 5) is 3.43. The molecule has 0 amide bonds. The molecule has 4 rings (SSSR count). The summed E-state index contributed by atoms with van der Waals surface area (Å²) in [6, 6.07) is 25.7. The van der Waals surface area contributed by atoms with E-state index in [1.165, 1.54) is 12.1 Å². The number of hydrogen-bond donors (Lipinski definition) is 0. The Morgan fingerprint density at radius 2 is 1.23 bits per heavy atom. The number of isothiocyanates is 1. The van der Waals surface area contributed by atoms with Gasteiger partial charge in [-0.2, -0.15) is 4.99 Å². The fraction of sp³-hybridized carbons (Fsp3) is 0. The van der Waals surface area contributed by atoms with Crippen molar-refractivity contribution < 1.29 is 8.78 Å². The van der Waals surface area contributed by atoms with Crippen LogP contribution in [-0.2, 0) is 0 Å². The maximum absolute atomic E-state index is 14.1. The smallest absolute Gasteiger partial charge is 0.153 e. The second kappa shape index (κ2) is 8.68. The van der Waals surface area contributed by atoms with Gasteiger partial charge in [-0.15, -0.1) is 0 Å². The number of nitrogens with zero attached hydrogens (tertiary/aromatic N) is 1. The van der Waals surface area contributed by atoms with Crippen molar-refractivity contribution in [3.63, 3.8) is 0 Å². The van der Waals surface area contributed by atoms with E-state index in [4.69, 9.17) is 11.6 Å². The van der Waals surface area contributed by atoms with Crippen LogP contribution >= 0.6 is 23.8 Å². The predicted octanol–water partition coefficient (Wildman–Crippen LogP) is 8.35. The van der Waals surface area contributed by atoms with Crippen LogP contribution in [0.25, 0.3) is 33.4 Å². The average Bonchev–Trinajstić information content (AvgIpc) is 2.77. The Morgan fingerprint density at radius 3 is 1.83 bits per heavy atom. The molecular weight excluding hydrogens is 420 g/mol. The Labute approximate surface area is 183 Å². The zero-order chi connectivity index (χ0) is 21.1. The largest absolute Gasteiger partial charge is 0.204 e. The number of aliphatic imine (C=N–C) groups is 1. The molecule has 146 valence electrons. The highest BCUT2D eigenvalue weighted by atomic mass is 35.5. The molecular formula is C25H14ClF2NS. The zero-order valence-corrected chi connectivity index (χ0v) is 17.1. The molecule has 1 nitrogen and oxygen atoms in total. The Bertz CT molecular complexity index is 1240. The Hall–Kier alpha value is -3.17. The van der Waals surface area contributed by atoms with Crippen LogP contribution in [0.2, 0.25) is 5.02 Å². The Kier molecular flexibility index (Phi) is 5.82. The van der Waals surface area contributed by atoms with Gasteiger partial charge in [0.15, 0.2) is 11.6 Å². The molecule has 0 saturated heterocycles. The lowest BCUT2D eigenvalue weighted by Gasteiger charge is -2.10. The van der Waals surface area contributed by atoms with Crippen LogP contribution in [0.15, 0.2) is 89.9 Å². The maximum atomic E-state index is 14.1. The molecule has 0 fully saturated rings. The van der Waals surface area contributed by atoms with Gasteiger partial charge in [0.25, 0.3) is 0 Å². The minimum atomic E-state index is -0.786. The first-order valence-electron chi connectivity index (χ1n) is 9.09. The second-order valence-electron chi connectivity index (χ2n) is 6.63. The van der Waals surface area contributed by atoms with Gasteiger partial charge < -0.3 is 0 Å². The molecule has 0 unspecified atom stereocenters. The minimum absolute atomic E-state index is 0.408. The van der Waals surface area contributed by atoms with Crippen molar-refractivity contribution in [2.45, 2.75) is 0 Å². The van der Waals surface area contributed by atoms with Crippen LogP contribution in [0.4, 0.5) is 14.5 Å². The van der Waals surface area contributed by atoms with Crippen LogP contribution in [0.5, 0.6) is 0 Å². The lowest BCUT2D eigenvalue weighted by Crippen LogP contribution is -1.87. The third-order valence-corrected chi connectivity index (χ3v) is 5.18. The molecule has 0 saturated carbocycles. The van der Waals surface area contributed by atoms with Crippen molar-refractivity contribution in [1.29, 1.82) is 0 Å². The summed E-state index contributed by atoms with van der Waals surface area (Å²) in [5.74, 6) is -1.57. The van der Waals surface area contributed by atoms with Crippen LogP contribution < -0.4 is 0 Å². The van der Waals surface area contributed by atoms with Crippen LogP contribution in [0, 0.1) is 11.6 Å². The van der Waals surface area contributed by atoms with Crippen molar-refractivity contribution in [2.75, 3.05) is 0 Å². The summed E-state index contributed by atoms with van der Waals surface area (Å²) in [6.07, 6.45) is 0. The van der Waals surface area contributed by atoms with Crippen molar-refractivity contribution in [1.82, 2.24) is 0 Å². The monoisotopic (exact) mass is 433 g/mol. The summed E-state index contributed by atoms with van der Waals surface area (Å²) < 4.78 is 28.2. The molecule has 0 N–H and O–H groups in total. The molecule has 0 radical (unpaired) electrons. The highest BCUT2D eigenvalue weighted by Crippen LogP contribution is 2.34. The topological polar surface area (TPSA) is 12.4 Å². The molecule has 0 bridgehead atoms. The van der Waals surface area contributed by atoms with Crippen LogP contribution in [0.1, 0.15) is 0 Å². The first-order chi connectivity index (χ1) is 14.6. The molecule has 0 aliphatic carbocycles.